The fourth-order valence-corrected chi connectivity index (χ4v) is 1.75. The molecule has 0 aliphatic heterocycles. The molecule has 0 spiro atoms. The third-order valence-electron chi connectivity index (χ3n) is 2.85. The van der Waals surface area contributed by atoms with E-state index in [2.05, 4.69) is 5.32 Å². The maximum atomic E-state index is 11.8. The van der Waals surface area contributed by atoms with E-state index in [1.165, 1.54) is 48.5 Å². The Labute approximate surface area is 131 Å². The van der Waals surface area contributed by atoms with Crippen molar-refractivity contribution in [1.82, 2.24) is 0 Å². The van der Waals surface area contributed by atoms with Gasteiger partial charge in [0.05, 0.1) is 11.0 Å². The van der Waals surface area contributed by atoms with Crippen LogP contribution in [0.1, 0.15) is 10.4 Å². The molecule has 0 saturated heterocycles. The van der Waals surface area contributed by atoms with Crippen LogP contribution in [0.3, 0.4) is 0 Å². The molecule has 2 aromatic rings. The van der Waals surface area contributed by atoms with Crippen LogP contribution < -0.4 is 15.8 Å². The zero-order valence-electron chi connectivity index (χ0n) is 11.9. The number of hydrogen-bond acceptors (Lipinski definition) is 5. The minimum Gasteiger partial charge on any atom is -0.484 e. The number of non-ortho nitro benzene ring substituents is 1. The minimum absolute atomic E-state index is 0.120. The standard InChI is InChI=1S/C15H13N3O5/c16-15(20)10-4-6-11(7-5-10)17-14(19)9-23-13-3-1-2-12(8-13)18(21)22/h1-8H,9H2,(H2,16,20)(H,17,19). The summed E-state index contributed by atoms with van der Waals surface area (Å²) in [6.45, 7) is -0.307. The molecule has 0 unspecified atom stereocenters. The van der Waals surface area contributed by atoms with Gasteiger partial charge >= 0.3 is 0 Å². The first-order chi connectivity index (χ1) is 11.0. The SMILES string of the molecule is NC(=O)c1ccc(NC(=O)COc2cccc([N+](=O)[O-])c2)cc1. The largest absolute Gasteiger partial charge is 0.484 e. The number of anilines is 1. The number of nitrogens with one attached hydrogen (secondary N) is 1. The molecule has 0 aliphatic carbocycles. The summed E-state index contributed by atoms with van der Waals surface area (Å²) >= 11 is 0. The van der Waals surface area contributed by atoms with E-state index in [4.69, 9.17) is 10.5 Å². The van der Waals surface area contributed by atoms with Gasteiger partial charge < -0.3 is 15.8 Å². The van der Waals surface area contributed by atoms with Crippen LogP contribution in [-0.4, -0.2) is 23.3 Å². The predicted molar refractivity (Wildman–Crippen MR) is 82.2 cm³/mol. The highest BCUT2D eigenvalue weighted by Gasteiger charge is 2.09. The highest BCUT2D eigenvalue weighted by molar-refractivity contribution is 5.95. The number of hydrogen-bond donors (Lipinski definition) is 2. The Kier molecular flexibility index (Phi) is 4.88. The maximum absolute atomic E-state index is 11.8. The smallest absolute Gasteiger partial charge is 0.273 e. The van der Waals surface area contributed by atoms with Crippen LogP contribution in [0.15, 0.2) is 48.5 Å². The van der Waals surface area contributed by atoms with Crippen molar-refractivity contribution in [1.29, 1.82) is 0 Å². The summed E-state index contributed by atoms with van der Waals surface area (Å²) in [4.78, 5) is 32.8. The predicted octanol–water partition coefficient (Wildman–Crippen LogP) is 1.71. The first-order valence-electron chi connectivity index (χ1n) is 6.52. The molecule has 3 N–H and O–H groups in total. The molecule has 2 amide bonds. The first kappa shape index (κ1) is 16.0. The number of ether oxygens (including phenoxy) is 1. The van der Waals surface area contributed by atoms with Gasteiger partial charge in [-0.05, 0) is 30.3 Å². The zero-order valence-corrected chi connectivity index (χ0v) is 11.9. The lowest BCUT2D eigenvalue weighted by molar-refractivity contribution is -0.384. The van der Waals surface area contributed by atoms with Gasteiger partial charge in [-0.3, -0.25) is 19.7 Å². The van der Waals surface area contributed by atoms with Crippen molar-refractivity contribution in [2.24, 2.45) is 5.73 Å². The number of rotatable bonds is 6. The molecule has 0 fully saturated rings. The lowest BCUT2D eigenvalue weighted by Crippen LogP contribution is -2.20. The van der Waals surface area contributed by atoms with Crippen LogP contribution >= 0.6 is 0 Å². The van der Waals surface area contributed by atoms with Gasteiger partial charge in [-0.2, -0.15) is 0 Å². The summed E-state index contributed by atoms with van der Waals surface area (Å²) in [6, 6.07) is 11.6. The maximum Gasteiger partial charge on any atom is 0.273 e. The van der Waals surface area contributed by atoms with Crippen LogP contribution in [0, 0.1) is 10.1 Å². The van der Waals surface area contributed by atoms with Crippen LogP contribution in [-0.2, 0) is 4.79 Å². The van der Waals surface area contributed by atoms with Crippen LogP contribution in [0.2, 0.25) is 0 Å². The van der Waals surface area contributed by atoms with Gasteiger partial charge in [0.2, 0.25) is 5.91 Å². The number of amides is 2. The topological polar surface area (TPSA) is 125 Å². The molecule has 8 nitrogen and oxygen atoms in total. The lowest BCUT2D eigenvalue weighted by Gasteiger charge is -2.07. The van der Waals surface area contributed by atoms with E-state index in [0.717, 1.165) is 0 Å². The molecule has 0 bridgehead atoms. The lowest BCUT2D eigenvalue weighted by atomic mass is 10.2. The van der Waals surface area contributed by atoms with E-state index in [0.29, 0.717) is 11.3 Å². The summed E-state index contributed by atoms with van der Waals surface area (Å²) in [5, 5.41) is 13.2. The number of benzene rings is 2. The number of carbonyl (C=O) groups is 2. The van der Waals surface area contributed by atoms with Crippen LogP contribution in [0.4, 0.5) is 11.4 Å². The Morgan fingerprint density at radius 1 is 1.17 bits per heavy atom. The number of primary amides is 1. The molecule has 0 radical (unpaired) electrons. The van der Waals surface area contributed by atoms with Gasteiger partial charge in [-0.1, -0.05) is 6.07 Å². The van der Waals surface area contributed by atoms with Crippen molar-refractivity contribution in [3.8, 4) is 5.75 Å². The summed E-state index contributed by atoms with van der Waals surface area (Å²) in [7, 11) is 0. The van der Waals surface area contributed by atoms with Crippen molar-refractivity contribution < 1.29 is 19.2 Å². The number of nitro groups is 1. The van der Waals surface area contributed by atoms with E-state index >= 15 is 0 Å². The van der Waals surface area contributed by atoms with Crippen molar-refractivity contribution >= 4 is 23.2 Å². The second kappa shape index (κ2) is 7.03. The summed E-state index contributed by atoms with van der Waals surface area (Å²) in [5.41, 5.74) is 5.80. The molecule has 0 saturated carbocycles. The Morgan fingerprint density at radius 3 is 2.48 bits per heavy atom. The Hall–Kier alpha value is -3.42. The molecule has 2 aromatic carbocycles. The fraction of sp³-hybridized carbons (Fsp3) is 0.0667. The first-order valence-corrected chi connectivity index (χ1v) is 6.52. The Balaban J connectivity index is 1.91. The average molecular weight is 315 g/mol. The second-order valence-corrected chi connectivity index (χ2v) is 4.53. The van der Waals surface area contributed by atoms with Gasteiger partial charge in [0.25, 0.3) is 11.6 Å². The summed E-state index contributed by atoms with van der Waals surface area (Å²) in [6.07, 6.45) is 0. The van der Waals surface area contributed by atoms with Crippen molar-refractivity contribution in [2.75, 3.05) is 11.9 Å². The van der Waals surface area contributed by atoms with E-state index in [9.17, 15) is 19.7 Å². The van der Waals surface area contributed by atoms with Crippen molar-refractivity contribution in [2.45, 2.75) is 0 Å². The third kappa shape index (κ3) is 4.53. The van der Waals surface area contributed by atoms with E-state index in [1.54, 1.807) is 0 Å². The fourth-order valence-electron chi connectivity index (χ4n) is 1.75. The van der Waals surface area contributed by atoms with Gasteiger partial charge in [0, 0.05) is 17.3 Å². The normalized spacial score (nSPS) is 9.91. The third-order valence-corrected chi connectivity index (χ3v) is 2.85. The van der Waals surface area contributed by atoms with Gasteiger partial charge in [0.1, 0.15) is 5.75 Å². The van der Waals surface area contributed by atoms with Gasteiger partial charge in [-0.25, -0.2) is 0 Å². The van der Waals surface area contributed by atoms with Crippen molar-refractivity contribution in [3.05, 3.63) is 64.2 Å². The molecule has 23 heavy (non-hydrogen) atoms. The number of carbonyl (C=O) groups excluding carboxylic acids is 2. The Bertz CT molecular complexity index is 743. The quantitative estimate of drug-likeness (QED) is 0.620. The second-order valence-electron chi connectivity index (χ2n) is 4.53. The average Bonchev–Trinajstić information content (AvgIpc) is 2.53. The highest BCUT2D eigenvalue weighted by Crippen LogP contribution is 2.19. The number of nitrogens with zero attached hydrogens (tertiary/aromatic N) is 1. The molecular formula is C15H13N3O5. The molecule has 0 aliphatic rings. The molecule has 118 valence electrons. The minimum atomic E-state index is -0.558. The molecule has 2 rings (SSSR count). The summed E-state index contributed by atoms with van der Waals surface area (Å²) in [5.74, 6) is -0.779. The van der Waals surface area contributed by atoms with Crippen LogP contribution in [0.5, 0.6) is 5.75 Å². The van der Waals surface area contributed by atoms with E-state index in [-0.39, 0.29) is 18.0 Å². The molecule has 0 atom stereocenters. The van der Waals surface area contributed by atoms with E-state index in [1.807, 2.05) is 0 Å². The molecule has 8 heteroatoms. The summed E-state index contributed by atoms with van der Waals surface area (Å²) < 4.78 is 5.20. The Morgan fingerprint density at radius 2 is 1.87 bits per heavy atom. The van der Waals surface area contributed by atoms with Crippen LogP contribution in [0.25, 0.3) is 0 Å². The number of nitrogens with two attached hydrogens (primary N) is 1. The monoisotopic (exact) mass is 315 g/mol. The number of nitro benzene ring substituents is 1. The highest BCUT2D eigenvalue weighted by atomic mass is 16.6. The van der Waals surface area contributed by atoms with Gasteiger partial charge in [0.15, 0.2) is 6.61 Å². The van der Waals surface area contributed by atoms with Gasteiger partial charge in [-0.15, -0.1) is 0 Å². The van der Waals surface area contributed by atoms with E-state index < -0.39 is 16.7 Å². The molecule has 0 aromatic heterocycles. The zero-order chi connectivity index (χ0) is 16.8. The molecular weight excluding hydrogens is 302 g/mol. The van der Waals surface area contributed by atoms with Crippen molar-refractivity contribution in [3.63, 3.8) is 0 Å². The molecule has 0 heterocycles.